The molecule has 1 aromatic rings. The molecule has 0 unspecified atom stereocenters. The fourth-order valence-corrected chi connectivity index (χ4v) is 3.33. The van der Waals surface area contributed by atoms with Crippen LogP contribution in [0.1, 0.15) is 0 Å². The molecule has 2 nitrogen and oxygen atoms in total. The summed E-state index contributed by atoms with van der Waals surface area (Å²) in [5.41, 5.74) is 1.38. The average Bonchev–Trinajstić information content (AvgIpc) is 2.25. The van der Waals surface area contributed by atoms with Crippen LogP contribution in [-0.2, 0) is 0 Å². The zero-order valence-corrected chi connectivity index (χ0v) is 11.2. The second kappa shape index (κ2) is 5.23. The quantitative estimate of drug-likeness (QED) is 0.920. The van der Waals surface area contributed by atoms with Crippen molar-refractivity contribution in [1.29, 1.82) is 0 Å². The van der Waals surface area contributed by atoms with Gasteiger partial charge in [0.25, 0.3) is 0 Å². The Kier molecular flexibility index (Phi) is 3.94. The highest BCUT2D eigenvalue weighted by atomic mass is 79.9. The highest BCUT2D eigenvalue weighted by molar-refractivity contribution is 9.10. The molecule has 15 heavy (non-hydrogen) atoms. The lowest BCUT2D eigenvalue weighted by atomic mass is 10.2. The van der Waals surface area contributed by atoms with E-state index in [2.05, 4.69) is 44.3 Å². The van der Waals surface area contributed by atoms with E-state index in [9.17, 15) is 0 Å². The summed E-state index contributed by atoms with van der Waals surface area (Å²) in [7, 11) is 2.00. The SMILES string of the molecule is CNCCN1CCSc2cc(Br)ccc21. The van der Waals surface area contributed by atoms with Crippen molar-refractivity contribution in [2.24, 2.45) is 0 Å². The average molecular weight is 287 g/mol. The molecule has 0 fully saturated rings. The van der Waals surface area contributed by atoms with Gasteiger partial charge in [0.15, 0.2) is 0 Å². The van der Waals surface area contributed by atoms with Crippen molar-refractivity contribution in [3.8, 4) is 0 Å². The second-order valence-corrected chi connectivity index (χ2v) is 5.60. The molecule has 0 aliphatic carbocycles. The van der Waals surface area contributed by atoms with Gasteiger partial charge in [0.1, 0.15) is 0 Å². The molecular weight excluding hydrogens is 272 g/mol. The Hall–Kier alpha value is -0.190. The minimum Gasteiger partial charge on any atom is -0.369 e. The molecule has 2 rings (SSSR count). The summed E-state index contributed by atoms with van der Waals surface area (Å²) in [5, 5.41) is 3.20. The van der Waals surface area contributed by atoms with Crippen LogP contribution in [0.3, 0.4) is 0 Å². The van der Waals surface area contributed by atoms with Crippen LogP contribution in [0.2, 0.25) is 0 Å². The van der Waals surface area contributed by atoms with Gasteiger partial charge in [-0.25, -0.2) is 0 Å². The van der Waals surface area contributed by atoms with E-state index < -0.39 is 0 Å². The Labute approximate surface area is 104 Å². The number of hydrogen-bond acceptors (Lipinski definition) is 3. The summed E-state index contributed by atoms with van der Waals surface area (Å²) in [5.74, 6) is 1.19. The largest absolute Gasteiger partial charge is 0.369 e. The van der Waals surface area contributed by atoms with E-state index in [0.29, 0.717) is 0 Å². The number of halogens is 1. The number of nitrogens with one attached hydrogen (secondary N) is 1. The van der Waals surface area contributed by atoms with E-state index in [-0.39, 0.29) is 0 Å². The van der Waals surface area contributed by atoms with Crippen LogP contribution in [0.5, 0.6) is 0 Å². The lowest BCUT2D eigenvalue weighted by molar-refractivity contribution is 0.731. The third kappa shape index (κ3) is 2.68. The molecule has 0 spiro atoms. The first kappa shape index (κ1) is 11.3. The van der Waals surface area contributed by atoms with E-state index in [1.165, 1.54) is 20.8 Å². The van der Waals surface area contributed by atoms with Gasteiger partial charge in [0.05, 0.1) is 5.69 Å². The van der Waals surface area contributed by atoms with Gasteiger partial charge in [-0.15, -0.1) is 11.8 Å². The fourth-order valence-electron chi connectivity index (χ4n) is 1.73. The molecule has 0 radical (unpaired) electrons. The normalized spacial score (nSPS) is 15.2. The number of fused-ring (bicyclic) bond motifs is 1. The number of thioether (sulfide) groups is 1. The molecule has 4 heteroatoms. The number of likely N-dealkylation sites (N-methyl/N-ethyl adjacent to an activating group) is 1. The van der Waals surface area contributed by atoms with E-state index in [1.54, 1.807) is 0 Å². The van der Waals surface area contributed by atoms with Gasteiger partial charge in [-0.2, -0.15) is 0 Å². The van der Waals surface area contributed by atoms with Crippen molar-refractivity contribution >= 4 is 33.4 Å². The lowest BCUT2D eigenvalue weighted by Crippen LogP contribution is -2.34. The first-order valence-corrected chi connectivity index (χ1v) is 6.91. The highest BCUT2D eigenvalue weighted by Gasteiger charge is 2.16. The minimum absolute atomic E-state index is 1.04. The highest BCUT2D eigenvalue weighted by Crippen LogP contribution is 2.36. The van der Waals surface area contributed by atoms with Crippen LogP contribution in [-0.4, -0.2) is 32.4 Å². The van der Waals surface area contributed by atoms with E-state index in [4.69, 9.17) is 0 Å². The summed E-state index contributed by atoms with van der Waals surface area (Å²) in [6.45, 7) is 3.28. The molecule has 0 aromatic heterocycles. The third-order valence-electron chi connectivity index (χ3n) is 2.51. The van der Waals surface area contributed by atoms with E-state index in [0.717, 1.165) is 19.6 Å². The van der Waals surface area contributed by atoms with Gasteiger partial charge < -0.3 is 10.2 Å². The first-order chi connectivity index (χ1) is 7.31. The van der Waals surface area contributed by atoms with Crippen molar-refractivity contribution in [3.05, 3.63) is 22.7 Å². The van der Waals surface area contributed by atoms with Gasteiger partial charge in [0.2, 0.25) is 0 Å². The van der Waals surface area contributed by atoms with Crippen molar-refractivity contribution < 1.29 is 0 Å². The predicted molar refractivity (Wildman–Crippen MR) is 71.0 cm³/mol. The summed E-state index contributed by atoms with van der Waals surface area (Å²) in [6.07, 6.45) is 0. The molecule has 1 N–H and O–H groups in total. The molecule has 1 aromatic carbocycles. The molecule has 1 heterocycles. The monoisotopic (exact) mass is 286 g/mol. The van der Waals surface area contributed by atoms with Crippen molar-refractivity contribution in [2.45, 2.75) is 4.90 Å². The predicted octanol–water partition coefficient (Wildman–Crippen LogP) is 2.58. The van der Waals surface area contributed by atoms with Gasteiger partial charge >= 0.3 is 0 Å². The van der Waals surface area contributed by atoms with Crippen LogP contribution in [0.15, 0.2) is 27.6 Å². The molecule has 82 valence electrons. The maximum absolute atomic E-state index is 3.52. The van der Waals surface area contributed by atoms with Gasteiger partial charge in [-0.05, 0) is 25.2 Å². The Morgan fingerprint density at radius 3 is 3.20 bits per heavy atom. The van der Waals surface area contributed by atoms with Crippen LogP contribution in [0.4, 0.5) is 5.69 Å². The standard InChI is InChI=1S/C11H15BrN2S/c1-13-4-5-14-6-7-15-11-8-9(12)2-3-10(11)14/h2-3,8,13H,4-7H2,1H3. The molecule has 1 aliphatic rings. The van der Waals surface area contributed by atoms with Gasteiger partial charge in [-0.3, -0.25) is 0 Å². The smallest absolute Gasteiger partial charge is 0.0505 e. The zero-order chi connectivity index (χ0) is 10.7. The molecule has 0 saturated carbocycles. The number of rotatable bonds is 3. The zero-order valence-electron chi connectivity index (χ0n) is 8.79. The summed E-state index contributed by atoms with van der Waals surface area (Å²) < 4.78 is 1.17. The second-order valence-electron chi connectivity index (χ2n) is 3.55. The van der Waals surface area contributed by atoms with Crippen molar-refractivity contribution in [2.75, 3.05) is 37.3 Å². The fraction of sp³-hybridized carbons (Fsp3) is 0.455. The summed E-state index contributed by atoms with van der Waals surface area (Å²) in [6, 6.07) is 6.55. The lowest BCUT2D eigenvalue weighted by Gasteiger charge is -2.30. The topological polar surface area (TPSA) is 15.3 Å². The summed E-state index contributed by atoms with van der Waals surface area (Å²) in [4.78, 5) is 3.85. The maximum atomic E-state index is 3.52. The number of benzene rings is 1. The van der Waals surface area contributed by atoms with Crippen LogP contribution in [0, 0.1) is 0 Å². The number of anilines is 1. The molecule has 0 amide bonds. The Bertz CT molecular complexity index is 343. The third-order valence-corrected chi connectivity index (χ3v) is 4.03. The van der Waals surface area contributed by atoms with Crippen LogP contribution in [0.25, 0.3) is 0 Å². The minimum atomic E-state index is 1.04. The number of hydrogen-bond donors (Lipinski definition) is 1. The van der Waals surface area contributed by atoms with Crippen LogP contribution < -0.4 is 10.2 Å². The molecule has 0 saturated heterocycles. The van der Waals surface area contributed by atoms with Crippen molar-refractivity contribution in [1.82, 2.24) is 5.32 Å². The van der Waals surface area contributed by atoms with Crippen LogP contribution >= 0.6 is 27.7 Å². The van der Waals surface area contributed by atoms with Gasteiger partial charge in [-0.1, -0.05) is 15.9 Å². The Morgan fingerprint density at radius 1 is 1.53 bits per heavy atom. The first-order valence-electron chi connectivity index (χ1n) is 5.13. The summed E-state index contributed by atoms with van der Waals surface area (Å²) >= 11 is 5.47. The van der Waals surface area contributed by atoms with Crippen molar-refractivity contribution in [3.63, 3.8) is 0 Å². The van der Waals surface area contributed by atoms with Gasteiger partial charge in [0, 0.05) is 34.8 Å². The molecule has 1 aliphatic heterocycles. The molecule has 0 atom stereocenters. The van der Waals surface area contributed by atoms with E-state index in [1.807, 2.05) is 18.8 Å². The molecule has 0 bridgehead atoms. The van der Waals surface area contributed by atoms with E-state index >= 15 is 0 Å². The number of nitrogens with zero attached hydrogens (tertiary/aromatic N) is 1. The Morgan fingerprint density at radius 2 is 2.40 bits per heavy atom. The Balaban J connectivity index is 2.18. The molecular formula is C11H15BrN2S. The maximum Gasteiger partial charge on any atom is 0.0505 e.